The molecule has 2 aromatic rings. The Bertz CT molecular complexity index is 567. The van der Waals surface area contributed by atoms with Crippen molar-refractivity contribution in [3.63, 3.8) is 0 Å². The van der Waals surface area contributed by atoms with E-state index in [-0.39, 0.29) is 0 Å². The van der Waals surface area contributed by atoms with Crippen LogP contribution in [0.25, 0.3) is 11.3 Å². The predicted octanol–water partition coefficient (Wildman–Crippen LogP) is 5.60. The zero-order valence-electron chi connectivity index (χ0n) is 12.1. The number of rotatable bonds is 4. The monoisotopic (exact) mass is 304 g/mol. The standard InChI is InChI=1S/C18H21ClO2/c19-15-8-6-14(7-9-15)17-10-11-18(21-17)16(20)12-13-4-2-1-3-5-13/h6-11,13,16,20H,1-5,12H2. The third-order valence-corrected chi connectivity index (χ3v) is 4.62. The summed E-state index contributed by atoms with van der Waals surface area (Å²) in [7, 11) is 0. The first kappa shape index (κ1) is 14.7. The molecule has 21 heavy (non-hydrogen) atoms. The lowest BCUT2D eigenvalue weighted by molar-refractivity contribution is 0.110. The van der Waals surface area contributed by atoms with Gasteiger partial charge in [-0.05, 0) is 48.7 Å². The second kappa shape index (κ2) is 6.67. The van der Waals surface area contributed by atoms with E-state index >= 15 is 0 Å². The Morgan fingerprint density at radius 3 is 2.48 bits per heavy atom. The summed E-state index contributed by atoms with van der Waals surface area (Å²) in [4.78, 5) is 0. The quantitative estimate of drug-likeness (QED) is 0.797. The van der Waals surface area contributed by atoms with Gasteiger partial charge in [0, 0.05) is 10.6 Å². The summed E-state index contributed by atoms with van der Waals surface area (Å²) in [6.45, 7) is 0. The Morgan fingerprint density at radius 2 is 1.76 bits per heavy atom. The maximum Gasteiger partial charge on any atom is 0.134 e. The van der Waals surface area contributed by atoms with Crippen molar-refractivity contribution in [1.29, 1.82) is 0 Å². The number of furan rings is 1. The van der Waals surface area contributed by atoms with Crippen LogP contribution in [0.3, 0.4) is 0 Å². The van der Waals surface area contributed by atoms with Gasteiger partial charge in [-0.2, -0.15) is 0 Å². The fraction of sp³-hybridized carbons (Fsp3) is 0.444. The number of hydrogen-bond donors (Lipinski definition) is 1. The molecule has 1 atom stereocenters. The van der Waals surface area contributed by atoms with E-state index in [1.54, 1.807) is 0 Å². The minimum atomic E-state index is -0.492. The van der Waals surface area contributed by atoms with Crippen molar-refractivity contribution in [3.05, 3.63) is 47.2 Å². The Balaban J connectivity index is 1.67. The molecule has 112 valence electrons. The SMILES string of the molecule is OC(CC1CCCCC1)c1ccc(-c2ccc(Cl)cc2)o1. The molecule has 0 bridgehead atoms. The molecule has 1 heterocycles. The molecule has 2 nitrogen and oxygen atoms in total. The van der Waals surface area contributed by atoms with Crippen LogP contribution < -0.4 is 0 Å². The molecule has 0 spiro atoms. The molecule has 0 aliphatic heterocycles. The Hall–Kier alpha value is -1.25. The lowest BCUT2D eigenvalue weighted by Gasteiger charge is -2.23. The lowest BCUT2D eigenvalue weighted by Crippen LogP contribution is -2.10. The summed E-state index contributed by atoms with van der Waals surface area (Å²) in [6, 6.07) is 11.4. The molecule has 1 aliphatic rings. The molecule has 0 saturated heterocycles. The first-order valence-corrected chi connectivity index (χ1v) is 8.14. The molecule has 0 amide bonds. The molecule has 1 aliphatic carbocycles. The topological polar surface area (TPSA) is 33.4 Å². The average Bonchev–Trinajstić information content (AvgIpc) is 2.99. The van der Waals surface area contributed by atoms with Gasteiger partial charge in [0.1, 0.15) is 17.6 Å². The zero-order valence-corrected chi connectivity index (χ0v) is 12.9. The summed E-state index contributed by atoms with van der Waals surface area (Å²) >= 11 is 5.89. The van der Waals surface area contributed by atoms with Crippen LogP contribution in [-0.4, -0.2) is 5.11 Å². The largest absolute Gasteiger partial charge is 0.458 e. The zero-order chi connectivity index (χ0) is 14.7. The van der Waals surface area contributed by atoms with E-state index in [0.717, 1.165) is 17.7 Å². The van der Waals surface area contributed by atoms with Gasteiger partial charge in [-0.15, -0.1) is 0 Å². The van der Waals surface area contributed by atoms with Crippen LogP contribution in [0, 0.1) is 5.92 Å². The van der Waals surface area contributed by atoms with Crippen LogP contribution in [-0.2, 0) is 0 Å². The Kier molecular flexibility index (Phi) is 4.67. The van der Waals surface area contributed by atoms with Gasteiger partial charge in [0.2, 0.25) is 0 Å². The first-order valence-electron chi connectivity index (χ1n) is 7.76. The van der Waals surface area contributed by atoms with Gasteiger partial charge < -0.3 is 9.52 Å². The molecule has 1 N–H and O–H groups in total. The molecule has 1 saturated carbocycles. The van der Waals surface area contributed by atoms with Crippen molar-refractivity contribution >= 4 is 11.6 Å². The number of benzene rings is 1. The minimum absolute atomic E-state index is 0.492. The smallest absolute Gasteiger partial charge is 0.134 e. The van der Waals surface area contributed by atoms with Gasteiger partial charge in [0.05, 0.1) is 0 Å². The third kappa shape index (κ3) is 3.69. The highest BCUT2D eigenvalue weighted by molar-refractivity contribution is 6.30. The van der Waals surface area contributed by atoms with E-state index in [2.05, 4.69) is 0 Å². The van der Waals surface area contributed by atoms with E-state index in [9.17, 15) is 5.11 Å². The van der Waals surface area contributed by atoms with Crippen LogP contribution in [0.2, 0.25) is 5.02 Å². The Labute approximate surface area is 130 Å². The number of hydrogen-bond acceptors (Lipinski definition) is 2. The van der Waals surface area contributed by atoms with Gasteiger partial charge in [-0.3, -0.25) is 0 Å². The van der Waals surface area contributed by atoms with E-state index in [4.69, 9.17) is 16.0 Å². The van der Waals surface area contributed by atoms with Crippen molar-refractivity contribution in [2.75, 3.05) is 0 Å². The molecule has 1 unspecified atom stereocenters. The summed E-state index contributed by atoms with van der Waals surface area (Å²) in [5, 5.41) is 11.1. The summed E-state index contributed by atoms with van der Waals surface area (Å²) in [5.41, 5.74) is 0.982. The van der Waals surface area contributed by atoms with Crippen LogP contribution in [0.5, 0.6) is 0 Å². The predicted molar refractivity (Wildman–Crippen MR) is 85.3 cm³/mol. The molecule has 0 radical (unpaired) electrons. The maximum absolute atomic E-state index is 10.4. The lowest BCUT2D eigenvalue weighted by atomic mass is 9.85. The molecule has 3 rings (SSSR count). The summed E-state index contributed by atoms with van der Waals surface area (Å²) < 4.78 is 5.82. The van der Waals surface area contributed by atoms with Crippen LogP contribution in [0.1, 0.15) is 50.4 Å². The van der Waals surface area contributed by atoms with Gasteiger partial charge in [0.25, 0.3) is 0 Å². The fourth-order valence-electron chi connectivity index (χ4n) is 3.16. The van der Waals surface area contributed by atoms with Crippen LogP contribution in [0.4, 0.5) is 0 Å². The van der Waals surface area contributed by atoms with Crippen molar-refractivity contribution in [2.45, 2.75) is 44.6 Å². The molecule has 1 aromatic carbocycles. The highest BCUT2D eigenvalue weighted by atomic mass is 35.5. The van der Waals surface area contributed by atoms with Crippen molar-refractivity contribution < 1.29 is 9.52 Å². The van der Waals surface area contributed by atoms with E-state index in [1.807, 2.05) is 36.4 Å². The van der Waals surface area contributed by atoms with Gasteiger partial charge in [-0.1, -0.05) is 43.7 Å². The summed E-state index contributed by atoms with van der Waals surface area (Å²) in [6.07, 6.45) is 6.73. The first-order chi connectivity index (χ1) is 10.2. The van der Waals surface area contributed by atoms with Gasteiger partial charge in [-0.25, -0.2) is 0 Å². The number of halogens is 1. The number of aliphatic hydroxyl groups excluding tert-OH is 1. The van der Waals surface area contributed by atoms with Crippen molar-refractivity contribution in [2.24, 2.45) is 5.92 Å². The average molecular weight is 305 g/mol. The second-order valence-electron chi connectivity index (χ2n) is 5.96. The highest BCUT2D eigenvalue weighted by Crippen LogP contribution is 2.33. The maximum atomic E-state index is 10.4. The third-order valence-electron chi connectivity index (χ3n) is 4.37. The molecular weight excluding hydrogens is 284 g/mol. The molecule has 3 heteroatoms. The Morgan fingerprint density at radius 1 is 1.05 bits per heavy atom. The highest BCUT2D eigenvalue weighted by Gasteiger charge is 2.20. The van der Waals surface area contributed by atoms with Crippen molar-refractivity contribution in [1.82, 2.24) is 0 Å². The molecule has 1 aromatic heterocycles. The van der Waals surface area contributed by atoms with Crippen LogP contribution in [0.15, 0.2) is 40.8 Å². The fourth-order valence-corrected chi connectivity index (χ4v) is 3.28. The van der Waals surface area contributed by atoms with Crippen molar-refractivity contribution in [3.8, 4) is 11.3 Å². The normalized spacial score (nSPS) is 17.8. The second-order valence-corrected chi connectivity index (χ2v) is 6.40. The number of aliphatic hydroxyl groups is 1. The van der Waals surface area contributed by atoms with Gasteiger partial charge >= 0.3 is 0 Å². The summed E-state index contributed by atoms with van der Waals surface area (Å²) in [5.74, 6) is 2.09. The van der Waals surface area contributed by atoms with E-state index in [0.29, 0.717) is 16.7 Å². The minimum Gasteiger partial charge on any atom is -0.458 e. The van der Waals surface area contributed by atoms with Gasteiger partial charge in [0.15, 0.2) is 0 Å². The molecule has 1 fully saturated rings. The van der Waals surface area contributed by atoms with E-state index in [1.165, 1.54) is 32.1 Å². The molecular formula is C18H21ClO2. The van der Waals surface area contributed by atoms with Crippen LogP contribution >= 0.6 is 11.6 Å². The van der Waals surface area contributed by atoms with E-state index < -0.39 is 6.10 Å².